The monoisotopic (exact) mass is 380 g/mol. The van der Waals surface area contributed by atoms with Crippen LogP contribution in [0.1, 0.15) is 15.9 Å². The van der Waals surface area contributed by atoms with E-state index in [0.717, 1.165) is 5.56 Å². The number of rotatable bonds is 5. The summed E-state index contributed by atoms with van der Waals surface area (Å²) in [5, 5.41) is 0. The van der Waals surface area contributed by atoms with Gasteiger partial charge in [0.25, 0.3) is 5.91 Å². The van der Waals surface area contributed by atoms with Crippen molar-refractivity contribution in [2.24, 2.45) is 0 Å². The quantitative estimate of drug-likeness (QED) is 0.749. The SMILES string of the molecule is COc1cc(/C=C/C(=O)N2CCN(C(=O)c3ccccc3)CC2)cc(OC)c1. The first-order chi connectivity index (χ1) is 13.6. The lowest BCUT2D eigenvalue weighted by Gasteiger charge is -2.34. The number of hydrogen-bond acceptors (Lipinski definition) is 4. The minimum Gasteiger partial charge on any atom is -0.497 e. The smallest absolute Gasteiger partial charge is 0.253 e. The molecule has 146 valence electrons. The van der Waals surface area contributed by atoms with Crippen LogP contribution in [0.4, 0.5) is 0 Å². The van der Waals surface area contributed by atoms with Gasteiger partial charge in [-0.15, -0.1) is 0 Å². The van der Waals surface area contributed by atoms with Crippen molar-refractivity contribution in [3.8, 4) is 11.5 Å². The summed E-state index contributed by atoms with van der Waals surface area (Å²) in [7, 11) is 3.17. The lowest BCUT2D eigenvalue weighted by atomic mass is 10.1. The third kappa shape index (κ3) is 4.71. The average molecular weight is 380 g/mol. The fourth-order valence-electron chi connectivity index (χ4n) is 3.09. The Morgan fingerprint density at radius 1 is 0.857 bits per heavy atom. The Hall–Kier alpha value is -3.28. The molecule has 6 nitrogen and oxygen atoms in total. The second-order valence-corrected chi connectivity index (χ2v) is 6.46. The van der Waals surface area contributed by atoms with Crippen LogP contribution in [0.2, 0.25) is 0 Å². The van der Waals surface area contributed by atoms with Gasteiger partial charge >= 0.3 is 0 Å². The average Bonchev–Trinajstić information content (AvgIpc) is 2.77. The molecule has 2 amide bonds. The van der Waals surface area contributed by atoms with Crippen molar-refractivity contribution in [1.82, 2.24) is 9.80 Å². The maximum atomic E-state index is 12.5. The molecule has 0 aromatic heterocycles. The van der Waals surface area contributed by atoms with Gasteiger partial charge in [0.05, 0.1) is 14.2 Å². The van der Waals surface area contributed by atoms with Gasteiger partial charge in [0, 0.05) is 43.9 Å². The molecular formula is C22H24N2O4. The van der Waals surface area contributed by atoms with Crippen molar-refractivity contribution in [3.63, 3.8) is 0 Å². The fraction of sp³-hybridized carbons (Fsp3) is 0.273. The van der Waals surface area contributed by atoms with Gasteiger partial charge in [-0.3, -0.25) is 9.59 Å². The molecule has 0 aliphatic carbocycles. The summed E-state index contributed by atoms with van der Waals surface area (Å²) in [5.41, 5.74) is 1.50. The molecule has 0 N–H and O–H groups in total. The fourth-order valence-corrected chi connectivity index (χ4v) is 3.09. The third-order valence-corrected chi connectivity index (χ3v) is 4.69. The molecule has 0 atom stereocenters. The van der Waals surface area contributed by atoms with Crippen molar-refractivity contribution < 1.29 is 19.1 Å². The number of hydrogen-bond donors (Lipinski definition) is 0. The predicted octanol–water partition coefficient (Wildman–Crippen LogP) is 2.70. The zero-order valence-corrected chi connectivity index (χ0v) is 16.1. The minimum atomic E-state index is -0.0754. The molecule has 28 heavy (non-hydrogen) atoms. The first-order valence-corrected chi connectivity index (χ1v) is 9.15. The number of carbonyl (C=O) groups excluding carboxylic acids is 2. The van der Waals surface area contributed by atoms with E-state index in [1.165, 1.54) is 0 Å². The lowest BCUT2D eigenvalue weighted by molar-refractivity contribution is -0.127. The van der Waals surface area contributed by atoms with Crippen LogP contribution in [0.25, 0.3) is 6.08 Å². The maximum absolute atomic E-state index is 12.5. The number of nitrogens with zero attached hydrogens (tertiary/aromatic N) is 2. The van der Waals surface area contributed by atoms with Crippen LogP contribution in [0.15, 0.2) is 54.6 Å². The van der Waals surface area contributed by atoms with Gasteiger partial charge < -0.3 is 19.3 Å². The van der Waals surface area contributed by atoms with E-state index in [2.05, 4.69) is 0 Å². The van der Waals surface area contributed by atoms with Crippen LogP contribution in [-0.4, -0.2) is 62.0 Å². The summed E-state index contributed by atoms with van der Waals surface area (Å²) in [6, 6.07) is 14.7. The Bertz CT molecular complexity index is 834. The van der Waals surface area contributed by atoms with Gasteiger partial charge in [-0.05, 0) is 35.9 Å². The largest absolute Gasteiger partial charge is 0.497 e. The summed E-state index contributed by atoms with van der Waals surface area (Å²) in [5.74, 6) is 1.26. The number of benzene rings is 2. The van der Waals surface area contributed by atoms with Crippen molar-refractivity contribution in [2.45, 2.75) is 0 Å². The van der Waals surface area contributed by atoms with Gasteiger partial charge in [0.15, 0.2) is 0 Å². The summed E-state index contributed by atoms with van der Waals surface area (Å²) in [6.45, 7) is 2.09. The van der Waals surface area contributed by atoms with E-state index in [9.17, 15) is 9.59 Å². The number of ether oxygens (including phenoxy) is 2. The predicted molar refractivity (Wildman–Crippen MR) is 108 cm³/mol. The molecule has 1 fully saturated rings. The van der Waals surface area contributed by atoms with Gasteiger partial charge in [-0.1, -0.05) is 18.2 Å². The van der Waals surface area contributed by atoms with Crippen LogP contribution in [0.5, 0.6) is 11.5 Å². The maximum Gasteiger partial charge on any atom is 0.253 e. The standard InChI is InChI=1S/C22H24N2O4/c1-27-19-14-17(15-20(16-19)28-2)8-9-21(25)23-10-12-24(13-11-23)22(26)18-6-4-3-5-7-18/h3-9,14-16H,10-13H2,1-2H3/b9-8+. The molecule has 1 aliphatic rings. The summed E-state index contributed by atoms with van der Waals surface area (Å²) in [6.07, 6.45) is 3.29. The lowest BCUT2D eigenvalue weighted by Crippen LogP contribution is -2.50. The number of methoxy groups -OCH3 is 2. The van der Waals surface area contributed by atoms with Crippen molar-refractivity contribution in [1.29, 1.82) is 0 Å². The normalized spacial score (nSPS) is 14.2. The van der Waals surface area contributed by atoms with Crippen LogP contribution < -0.4 is 9.47 Å². The van der Waals surface area contributed by atoms with Crippen molar-refractivity contribution in [3.05, 3.63) is 65.7 Å². The second kappa shape index (κ2) is 9.08. The van der Waals surface area contributed by atoms with E-state index in [1.54, 1.807) is 42.2 Å². The van der Waals surface area contributed by atoms with Crippen molar-refractivity contribution in [2.75, 3.05) is 40.4 Å². The van der Waals surface area contributed by atoms with Crippen LogP contribution in [-0.2, 0) is 4.79 Å². The minimum absolute atomic E-state index is 0.00622. The molecule has 3 rings (SSSR count). The van der Waals surface area contributed by atoms with Gasteiger partial charge in [-0.25, -0.2) is 0 Å². The molecule has 1 aliphatic heterocycles. The van der Waals surface area contributed by atoms with Gasteiger partial charge in [0.2, 0.25) is 5.91 Å². The Kier molecular flexibility index (Phi) is 6.32. The Morgan fingerprint density at radius 2 is 1.43 bits per heavy atom. The highest BCUT2D eigenvalue weighted by molar-refractivity contribution is 5.95. The molecular weight excluding hydrogens is 356 g/mol. The van der Waals surface area contributed by atoms with E-state index >= 15 is 0 Å². The van der Waals surface area contributed by atoms with E-state index in [-0.39, 0.29) is 11.8 Å². The Morgan fingerprint density at radius 3 is 2.00 bits per heavy atom. The topological polar surface area (TPSA) is 59.1 Å². The molecule has 1 saturated heterocycles. The molecule has 0 saturated carbocycles. The summed E-state index contributed by atoms with van der Waals surface area (Å²) >= 11 is 0. The Balaban J connectivity index is 1.58. The first kappa shape index (κ1) is 19.5. The molecule has 2 aromatic carbocycles. The number of amides is 2. The van der Waals surface area contributed by atoms with Gasteiger partial charge in [0.1, 0.15) is 11.5 Å². The molecule has 6 heteroatoms. The Labute approximate surface area is 165 Å². The van der Waals surface area contributed by atoms with Gasteiger partial charge in [-0.2, -0.15) is 0 Å². The second-order valence-electron chi connectivity index (χ2n) is 6.46. The molecule has 2 aromatic rings. The zero-order valence-electron chi connectivity index (χ0n) is 16.1. The molecule has 0 unspecified atom stereocenters. The molecule has 1 heterocycles. The number of piperazine rings is 1. The molecule has 0 bridgehead atoms. The van der Waals surface area contributed by atoms with E-state index < -0.39 is 0 Å². The molecule has 0 radical (unpaired) electrons. The third-order valence-electron chi connectivity index (χ3n) is 4.69. The summed E-state index contributed by atoms with van der Waals surface area (Å²) in [4.78, 5) is 28.5. The van der Waals surface area contributed by atoms with E-state index in [1.807, 2.05) is 42.5 Å². The van der Waals surface area contributed by atoms with Crippen LogP contribution >= 0.6 is 0 Å². The van der Waals surface area contributed by atoms with Crippen LogP contribution in [0, 0.1) is 0 Å². The highest BCUT2D eigenvalue weighted by atomic mass is 16.5. The summed E-state index contributed by atoms with van der Waals surface area (Å²) < 4.78 is 10.5. The highest BCUT2D eigenvalue weighted by Gasteiger charge is 2.23. The molecule has 0 spiro atoms. The number of carbonyl (C=O) groups is 2. The van der Waals surface area contributed by atoms with Crippen molar-refractivity contribution >= 4 is 17.9 Å². The van der Waals surface area contributed by atoms with E-state index in [0.29, 0.717) is 43.2 Å². The van der Waals surface area contributed by atoms with E-state index in [4.69, 9.17) is 9.47 Å². The first-order valence-electron chi connectivity index (χ1n) is 9.15. The van der Waals surface area contributed by atoms with Crippen LogP contribution in [0.3, 0.4) is 0 Å². The zero-order chi connectivity index (χ0) is 19.9. The highest BCUT2D eigenvalue weighted by Crippen LogP contribution is 2.23.